The summed E-state index contributed by atoms with van der Waals surface area (Å²) in [6.45, 7) is -0.466. The van der Waals surface area contributed by atoms with Gasteiger partial charge in [-0.15, -0.1) is 0 Å². The molecule has 0 atom stereocenters. The molecule has 0 unspecified atom stereocenters. The van der Waals surface area contributed by atoms with Crippen LogP contribution in [0.15, 0.2) is 24.3 Å². The van der Waals surface area contributed by atoms with Crippen molar-refractivity contribution < 1.29 is 19.4 Å². The zero-order valence-corrected chi connectivity index (χ0v) is 9.03. The predicted molar refractivity (Wildman–Crippen MR) is 57.3 cm³/mol. The maximum Gasteiger partial charge on any atom is 0.407 e. The molecule has 1 aromatic rings. The molecule has 86 valence electrons. The average molecular weight is 244 g/mol. The van der Waals surface area contributed by atoms with E-state index in [9.17, 15) is 9.59 Å². The molecule has 0 aliphatic heterocycles. The number of nitrogens with one attached hydrogen (secondary N) is 1. The summed E-state index contributed by atoms with van der Waals surface area (Å²) >= 11 is 5.83. The number of rotatable bonds is 4. The maximum atomic E-state index is 11.0. The van der Waals surface area contributed by atoms with Crippen LogP contribution in [-0.4, -0.2) is 23.7 Å². The third-order valence-corrected chi connectivity index (χ3v) is 2.07. The SMILES string of the molecule is O=C(O)CNC(=O)OCc1ccccc1Cl. The fourth-order valence-corrected chi connectivity index (χ4v) is 1.15. The van der Waals surface area contributed by atoms with Crippen molar-refractivity contribution in [2.45, 2.75) is 6.61 Å². The number of carbonyl (C=O) groups is 2. The van der Waals surface area contributed by atoms with Gasteiger partial charge in [-0.25, -0.2) is 4.79 Å². The highest BCUT2D eigenvalue weighted by molar-refractivity contribution is 6.31. The monoisotopic (exact) mass is 243 g/mol. The van der Waals surface area contributed by atoms with E-state index in [1.807, 2.05) is 0 Å². The van der Waals surface area contributed by atoms with Crippen LogP contribution in [0.5, 0.6) is 0 Å². The number of carboxylic acids is 1. The number of benzene rings is 1. The summed E-state index contributed by atoms with van der Waals surface area (Å²) in [6.07, 6.45) is -0.790. The minimum atomic E-state index is -1.13. The molecule has 1 rings (SSSR count). The van der Waals surface area contributed by atoms with Crippen LogP contribution in [0.25, 0.3) is 0 Å². The second-order valence-electron chi connectivity index (χ2n) is 2.91. The van der Waals surface area contributed by atoms with Gasteiger partial charge in [-0.1, -0.05) is 29.8 Å². The summed E-state index contributed by atoms with van der Waals surface area (Å²) in [5.41, 5.74) is 0.662. The Labute approximate surface area is 97.0 Å². The van der Waals surface area contributed by atoms with Crippen molar-refractivity contribution in [1.29, 1.82) is 0 Å². The van der Waals surface area contributed by atoms with Gasteiger partial charge >= 0.3 is 12.1 Å². The van der Waals surface area contributed by atoms with Crippen LogP contribution < -0.4 is 5.32 Å². The molecule has 0 aliphatic rings. The van der Waals surface area contributed by atoms with Crippen LogP contribution in [0.2, 0.25) is 5.02 Å². The molecule has 0 bridgehead atoms. The Morgan fingerprint density at radius 2 is 2.06 bits per heavy atom. The Kier molecular flexibility index (Phi) is 4.60. The summed E-state index contributed by atoms with van der Waals surface area (Å²) < 4.78 is 4.76. The molecule has 1 amide bonds. The molecule has 0 radical (unpaired) electrons. The van der Waals surface area contributed by atoms with E-state index >= 15 is 0 Å². The number of aliphatic carboxylic acids is 1. The van der Waals surface area contributed by atoms with Crippen LogP contribution in [0.1, 0.15) is 5.56 Å². The fraction of sp³-hybridized carbons (Fsp3) is 0.200. The smallest absolute Gasteiger partial charge is 0.407 e. The van der Waals surface area contributed by atoms with E-state index in [1.165, 1.54) is 0 Å². The van der Waals surface area contributed by atoms with Crippen LogP contribution in [0.4, 0.5) is 4.79 Å². The Bertz CT molecular complexity index is 394. The minimum Gasteiger partial charge on any atom is -0.480 e. The van der Waals surface area contributed by atoms with Crippen molar-refractivity contribution in [2.75, 3.05) is 6.54 Å². The van der Waals surface area contributed by atoms with Crippen molar-refractivity contribution in [1.82, 2.24) is 5.32 Å². The lowest BCUT2D eigenvalue weighted by Gasteiger charge is -2.06. The predicted octanol–water partition coefficient (Wildman–Crippen LogP) is 1.65. The zero-order chi connectivity index (χ0) is 12.0. The highest BCUT2D eigenvalue weighted by atomic mass is 35.5. The molecule has 0 aromatic heterocycles. The molecule has 0 heterocycles. The molecule has 0 spiro atoms. The number of carboxylic acid groups (broad SMARTS) is 1. The normalized spacial score (nSPS) is 9.56. The molecular weight excluding hydrogens is 234 g/mol. The van der Waals surface area contributed by atoms with Gasteiger partial charge in [0.15, 0.2) is 0 Å². The van der Waals surface area contributed by atoms with Gasteiger partial charge in [-0.3, -0.25) is 4.79 Å². The number of amides is 1. The van der Waals surface area contributed by atoms with Crippen molar-refractivity contribution in [3.05, 3.63) is 34.9 Å². The van der Waals surface area contributed by atoms with Gasteiger partial charge in [0.05, 0.1) is 0 Å². The van der Waals surface area contributed by atoms with Gasteiger partial charge < -0.3 is 15.2 Å². The fourth-order valence-electron chi connectivity index (χ4n) is 0.958. The molecule has 1 aromatic carbocycles. The standard InChI is InChI=1S/C10H10ClNO4/c11-8-4-2-1-3-7(8)6-16-10(15)12-5-9(13)14/h1-4H,5-6H2,(H,12,15)(H,13,14). The summed E-state index contributed by atoms with van der Waals surface area (Å²) in [5.74, 6) is -1.13. The summed E-state index contributed by atoms with van der Waals surface area (Å²) in [6, 6.07) is 6.91. The molecule has 0 saturated carbocycles. The van der Waals surface area contributed by atoms with Crippen molar-refractivity contribution in [2.24, 2.45) is 0 Å². The van der Waals surface area contributed by atoms with Gasteiger partial charge in [0, 0.05) is 10.6 Å². The summed E-state index contributed by atoms with van der Waals surface area (Å²) in [5, 5.41) is 10.9. The second kappa shape index (κ2) is 5.97. The first kappa shape index (κ1) is 12.3. The Morgan fingerprint density at radius 3 is 2.69 bits per heavy atom. The van der Waals surface area contributed by atoms with Crippen LogP contribution in [-0.2, 0) is 16.1 Å². The lowest BCUT2D eigenvalue weighted by atomic mass is 10.2. The molecular formula is C10H10ClNO4. The van der Waals surface area contributed by atoms with Crippen molar-refractivity contribution in [3.8, 4) is 0 Å². The molecule has 0 saturated heterocycles. The third-order valence-electron chi connectivity index (χ3n) is 1.70. The number of alkyl carbamates (subject to hydrolysis) is 1. The largest absolute Gasteiger partial charge is 0.480 e. The van der Waals surface area contributed by atoms with Crippen LogP contribution in [0.3, 0.4) is 0 Å². The first-order valence-corrected chi connectivity index (χ1v) is 4.83. The number of hydrogen-bond donors (Lipinski definition) is 2. The Hall–Kier alpha value is -1.75. The first-order valence-electron chi connectivity index (χ1n) is 4.45. The van der Waals surface area contributed by atoms with Crippen LogP contribution in [0, 0.1) is 0 Å². The van der Waals surface area contributed by atoms with Crippen molar-refractivity contribution in [3.63, 3.8) is 0 Å². The van der Waals surface area contributed by atoms with E-state index in [0.717, 1.165) is 0 Å². The van der Waals surface area contributed by atoms with Gasteiger partial charge in [0.2, 0.25) is 0 Å². The van der Waals surface area contributed by atoms with Crippen LogP contribution >= 0.6 is 11.6 Å². The van der Waals surface area contributed by atoms with Gasteiger partial charge in [-0.2, -0.15) is 0 Å². The quantitative estimate of drug-likeness (QED) is 0.843. The highest BCUT2D eigenvalue weighted by Crippen LogP contribution is 2.15. The molecule has 0 fully saturated rings. The number of hydrogen-bond acceptors (Lipinski definition) is 3. The molecule has 6 heteroatoms. The van der Waals surface area contributed by atoms with E-state index in [-0.39, 0.29) is 6.61 Å². The number of halogens is 1. The van der Waals surface area contributed by atoms with Gasteiger partial charge in [0.1, 0.15) is 13.2 Å². The van der Waals surface area contributed by atoms with Gasteiger partial charge in [-0.05, 0) is 6.07 Å². The Balaban J connectivity index is 2.37. The highest BCUT2D eigenvalue weighted by Gasteiger charge is 2.06. The average Bonchev–Trinajstić information content (AvgIpc) is 2.25. The van der Waals surface area contributed by atoms with Crippen molar-refractivity contribution >= 4 is 23.7 Å². The lowest BCUT2D eigenvalue weighted by Crippen LogP contribution is -2.29. The Morgan fingerprint density at radius 1 is 1.38 bits per heavy atom. The van der Waals surface area contributed by atoms with Gasteiger partial charge in [0.25, 0.3) is 0 Å². The zero-order valence-electron chi connectivity index (χ0n) is 8.27. The second-order valence-corrected chi connectivity index (χ2v) is 3.32. The molecule has 2 N–H and O–H groups in total. The molecule has 5 nitrogen and oxygen atoms in total. The lowest BCUT2D eigenvalue weighted by molar-refractivity contribution is -0.135. The molecule has 0 aliphatic carbocycles. The minimum absolute atomic E-state index is 0.00509. The van der Waals surface area contributed by atoms with E-state index in [1.54, 1.807) is 24.3 Å². The maximum absolute atomic E-state index is 11.0. The first-order chi connectivity index (χ1) is 7.59. The number of carbonyl (C=O) groups excluding carboxylic acids is 1. The van der Waals surface area contributed by atoms with E-state index in [2.05, 4.69) is 5.32 Å². The number of ether oxygens (including phenoxy) is 1. The van der Waals surface area contributed by atoms with E-state index in [0.29, 0.717) is 10.6 Å². The third kappa shape index (κ3) is 4.18. The topological polar surface area (TPSA) is 75.6 Å². The summed E-state index contributed by atoms with van der Waals surface area (Å²) in [4.78, 5) is 21.1. The summed E-state index contributed by atoms with van der Waals surface area (Å²) in [7, 11) is 0. The van der Waals surface area contributed by atoms with E-state index in [4.69, 9.17) is 21.4 Å². The van der Waals surface area contributed by atoms with E-state index < -0.39 is 18.6 Å². The molecule has 16 heavy (non-hydrogen) atoms.